The largest absolute Gasteiger partial charge is 0.337 e. The van der Waals surface area contributed by atoms with Gasteiger partial charge in [0.2, 0.25) is 0 Å². The third-order valence-corrected chi connectivity index (χ3v) is 1.18. The molecule has 0 amide bonds. The smallest absolute Gasteiger partial charge is 0.0945 e. The van der Waals surface area contributed by atoms with Crippen molar-refractivity contribution in [2.24, 2.45) is 5.73 Å². The van der Waals surface area contributed by atoms with Crippen molar-refractivity contribution in [3.63, 3.8) is 0 Å². The van der Waals surface area contributed by atoms with E-state index in [-0.39, 0.29) is 1.43 Å². The van der Waals surface area contributed by atoms with Crippen LogP contribution in [-0.4, -0.2) is 16.1 Å². The molecule has 1 aromatic rings. The van der Waals surface area contributed by atoms with Crippen LogP contribution in [0, 0.1) is 0 Å². The molecule has 1 aromatic heterocycles. The van der Waals surface area contributed by atoms with Gasteiger partial charge in [0.25, 0.3) is 0 Å². The quantitative estimate of drug-likeness (QED) is 0.722. The number of hydrogen-bond donors (Lipinski definition) is 1. The molecule has 66 valence electrons. The van der Waals surface area contributed by atoms with Crippen LogP contribution in [0.4, 0.5) is 0 Å². The maximum Gasteiger partial charge on any atom is 0.0945 e. The third-order valence-electron chi connectivity index (χ3n) is 1.18. The molecule has 0 aliphatic heterocycles. The van der Waals surface area contributed by atoms with Crippen LogP contribution in [-0.2, 0) is 6.54 Å². The van der Waals surface area contributed by atoms with Crippen LogP contribution >= 0.6 is 0 Å². The van der Waals surface area contributed by atoms with E-state index in [1.807, 2.05) is 24.6 Å². The van der Waals surface area contributed by atoms with Gasteiger partial charge in [0.15, 0.2) is 0 Å². The first-order valence-electron chi connectivity index (χ1n) is 4.09. The molecule has 0 unspecified atom stereocenters. The predicted molar refractivity (Wildman–Crippen MR) is 49.4 cm³/mol. The van der Waals surface area contributed by atoms with Crippen LogP contribution < -0.4 is 5.73 Å². The Hall–Kier alpha value is -0.830. The van der Waals surface area contributed by atoms with E-state index in [0.29, 0.717) is 0 Å². The second kappa shape index (κ2) is 7.28. The lowest BCUT2D eigenvalue weighted by Gasteiger charge is -1.96. The summed E-state index contributed by atoms with van der Waals surface area (Å²) in [5.74, 6) is 0. The molecule has 0 saturated heterocycles. The summed E-state index contributed by atoms with van der Waals surface area (Å²) >= 11 is 0. The molecule has 2 N–H and O–H groups in total. The Morgan fingerprint density at radius 3 is 2.73 bits per heavy atom. The van der Waals surface area contributed by atoms with Gasteiger partial charge in [-0.05, 0) is 13.0 Å². The number of aromatic nitrogens is 2. The van der Waals surface area contributed by atoms with Gasteiger partial charge in [-0.1, -0.05) is 13.8 Å². The zero-order valence-electron chi connectivity index (χ0n) is 7.33. The first-order valence-corrected chi connectivity index (χ1v) is 4.09. The van der Waals surface area contributed by atoms with E-state index in [1.165, 1.54) is 0 Å². The number of rotatable bonds is 3. The van der Waals surface area contributed by atoms with E-state index in [1.54, 1.807) is 12.5 Å². The summed E-state index contributed by atoms with van der Waals surface area (Å²) in [5, 5.41) is 0. The summed E-state index contributed by atoms with van der Waals surface area (Å²) in [4.78, 5) is 3.90. The highest BCUT2D eigenvalue weighted by molar-refractivity contribution is 4.73. The lowest BCUT2D eigenvalue weighted by molar-refractivity contribution is 0.650. The molecule has 0 radical (unpaired) electrons. The highest BCUT2D eigenvalue weighted by Crippen LogP contribution is 1.87. The van der Waals surface area contributed by atoms with Crippen molar-refractivity contribution in [3.05, 3.63) is 18.7 Å². The van der Waals surface area contributed by atoms with Crippen molar-refractivity contribution in [3.8, 4) is 0 Å². The number of nitrogens with zero attached hydrogens (tertiary/aromatic N) is 2. The SMILES string of the molecule is CC.NCCCn1ccnc1.[HH]. The average molecular weight is 157 g/mol. The third kappa shape index (κ3) is 4.56. The number of hydrogen-bond acceptors (Lipinski definition) is 2. The number of nitrogens with two attached hydrogens (primary N) is 1. The second-order valence-electron chi connectivity index (χ2n) is 1.94. The van der Waals surface area contributed by atoms with Crippen LogP contribution in [0.5, 0.6) is 0 Å². The van der Waals surface area contributed by atoms with Crippen molar-refractivity contribution in [1.82, 2.24) is 9.55 Å². The lowest BCUT2D eigenvalue weighted by atomic mass is 10.4. The number of imidazole rings is 1. The molecule has 1 heterocycles. The normalized spacial score (nSPS) is 8.64. The van der Waals surface area contributed by atoms with Crippen molar-refractivity contribution in [2.45, 2.75) is 26.8 Å². The Bertz CT molecular complexity index is 151. The van der Waals surface area contributed by atoms with Gasteiger partial charge in [-0.25, -0.2) is 4.98 Å². The summed E-state index contributed by atoms with van der Waals surface area (Å²) < 4.78 is 2.02. The van der Waals surface area contributed by atoms with E-state index < -0.39 is 0 Å². The molecular formula is C8H19N3. The summed E-state index contributed by atoms with van der Waals surface area (Å²) in [6.45, 7) is 5.73. The van der Waals surface area contributed by atoms with Gasteiger partial charge < -0.3 is 10.3 Å². The minimum absolute atomic E-state index is 0. The van der Waals surface area contributed by atoms with E-state index in [9.17, 15) is 0 Å². The Labute approximate surface area is 69.7 Å². The minimum atomic E-state index is 0. The van der Waals surface area contributed by atoms with Gasteiger partial charge in [0, 0.05) is 20.4 Å². The molecule has 0 aliphatic carbocycles. The van der Waals surface area contributed by atoms with Gasteiger partial charge >= 0.3 is 0 Å². The molecule has 0 spiro atoms. The molecule has 0 saturated carbocycles. The zero-order valence-corrected chi connectivity index (χ0v) is 7.33. The van der Waals surface area contributed by atoms with E-state index >= 15 is 0 Å². The Morgan fingerprint density at radius 1 is 1.55 bits per heavy atom. The monoisotopic (exact) mass is 157 g/mol. The summed E-state index contributed by atoms with van der Waals surface area (Å²) in [5.41, 5.74) is 5.31. The highest BCUT2D eigenvalue weighted by Gasteiger charge is 1.85. The fourth-order valence-corrected chi connectivity index (χ4v) is 0.693. The Balaban J connectivity index is 0. The summed E-state index contributed by atoms with van der Waals surface area (Å²) in [7, 11) is 0. The lowest BCUT2D eigenvalue weighted by Crippen LogP contribution is -2.03. The molecule has 0 aliphatic rings. The minimum Gasteiger partial charge on any atom is -0.337 e. The van der Waals surface area contributed by atoms with Gasteiger partial charge in [0.1, 0.15) is 0 Å². The molecule has 0 bridgehead atoms. The highest BCUT2D eigenvalue weighted by atomic mass is 15.0. The topological polar surface area (TPSA) is 43.8 Å². The Morgan fingerprint density at radius 2 is 2.27 bits per heavy atom. The number of aryl methyl sites for hydroxylation is 1. The van der Waals surface area contributed by atoms with Gasteiger partial charge in [-0.3, -0.25) is 0 Å². The van der Waals surface area contributed by atoms with E-state index in [2.05, 4.69) is 4.98 Å². The Kier molecular flexibility index (Phi) is 6.73. The molecule has 3 nitrogen and oxygen atoms in total. The van der Waals surface area contributed by atoms with E-state index in [4.69, 9.17) is 5.73 Å². The molecule has 0 fully saturated rings. The predicted octanol–water partition coefficient (Wildman–Crippen LogP) is 1.50. The molecule has 0 atom stereocenters. The van der Waals surface area contributed by atoms with Gasteiger partial charge in [0.05, 0.1) is 6.33 Å². The molecule has 3 heteroatoms. The maximum atomic E-state index is 5.31. The fraction of sp³-hybridized carbons (Fsp3) is 0.625. The van der Waals surface area contributed by atoms with Gasteiger partial charge in [-0.15, -0.1) is 0 Å². The van der Waals surface area contributed by atoms with Crippen molar-refractivity contribution in [1.29, 1.82) is 0 Å². The molecular weight excluding hydrogens is 138 g/mol. The van der Waals surface area contributed by atoms with Crippen LogP contribution in [0.1, 0.15) is 21.7 Å². The first-order chi connectivity index (χ1) is 5.43. The van der Waals surface area contributed by atoms with Crippen molar-refractivity contribution in [2.75, 3.05) is 6.54 Å². The van der Waals surface area contributed by atoms with Crippen LogP contribution in [0.2, 0.25) is 0 Å². The zero-order chi connectivity index (χ0) is 8.53. The standard InChI is InChI=1S/C6H11N3.C2H6.H2/c7-2-1-4-9-5-3-8-6-9;1-2;/h3,5-6H,1-2,4,7H2;1-2H3;1H. The molecule has 11 heavy (non-hydrogen) atoms. The second-order valence-corrected chi connectivity index (χ2v) is 1.94. The van der Waals surface area contributed by atoms with Crippen LogP contribution in [0.3, 0.4) is 0 Å². The molecule has 0 aromatic carbocycles. The summed E-state index contributed by atoms with van der Waals surface area (Å²) in [6.07, 6.45) is 6.54. The first kappa shape index (κ1) is 10.2. The fourth-order valence-electron chi connectivity index (χ4n) is 0.693. The van der Waals surface area contributed by atoms with Crippen molar-refractivity contribution >= 4 is 0 Å². The maximum absolute atomic E-state index is 5.31. The molecule has 1 rings (SSSR count). The summed E-state index contributed by atoms with van der Waals surface area (Å²) in [6, 6.07) is 0. The van der Waals surface area contributed by atoms with Crippen LogP contribution in [0.25, 0.3) is 0 Å². The van der Waals surface area contributed by atoms with Crippen molar-refractivity contribution < 1.29 is 1.43 Å². The van der Waals surface area contributed by atoms with Crippen LogP contribution in [0.15, 0.2) is 18.7 Å². The average Bonchev–Trinajstić information content (AvgIpc) is 2.57. The van der Waals surface area contributed by atoms with E-state index in [0.717, 1.165) is 19.5 Å². The van der Waals surface area contributed by atoms with Gasteiger partial charge in [-0.2, -0.15) is 0 Å².